The van der Waals surface area contributed by atoms with E-state index in [0.29, 0.717) is 0 Å². The molecule has 0 fully saturated rings. The van der Waals surface area contributed by atoms with Crippen molar-refractivity contribution in [3.8, 4) is 0 Å². The lowest BCUT2D eigenvalue weighted by atomic mass is 10.6. The maximum Gasteiger partial charge on any atom is 0.283 e. The molecule has 0 heterocycles. The SMILES string of the molecule is CC=C(C)[SiH2]O[SiH2]O[SiH2]C(C)=CC. The Bertz CT molecular complexity index is 170. The van der Waals surface area contributed by atoms with Crippen LogP contribution in [0.2, 0.25) is 0 Å². The molecule has 0 bridgehead atoms. The standard InChI is InChI=1S/C8H20O2Si3/c1-5-7(3)11-9-13-10-12-8(4)6-2/h5-6H,11-13H2,1-4H3. The monoisotopic (exact) mass is 232 g/mol. The molecule has 0 aliphatic carbocycles. The maximum atomic E-state index is 5.58. The van der Waals surface area contributed by atoms with Crippen LogP contribution in [0, 0.1) is 0 Å². The maximum absolute atomic E-state index is 5.58. The highest BCUT2D eigenvalue weighted by Gasteiger charge is 1.93. The van der Waals surface area contributed by atoms with Crippen molar-refractivity contribution >= 4 is 29.5 Å². The zero-order chi connectivity index (χ0) is 10.1. The van der Waals surface area contributed by atoms with Gasteiger partial charge in [0.15, 0.2) is 19.5 Å². The van der Waals surface area contributed by atoms with Crippen LogP contribution in [0.5, 0.6) is 0 Å². The van der Waals surface area contributed by atoms with Crippen LogP contribution in [0.25, 0.3) is 0 Å². The molecule has 76 valence electrons. The molecule has 0 saturated carbocycles. The lowest BCUT2D eigenvalue weighted by Gasteiger charge is -2.05. The van der Waals surface area contributed by atoms with E-state index in [1.54, 1.807) is 0 Å². The van der Waals surface area contributed by atoms with E-state index in [9.17, 15) is 0 Å². The summed E-state index contributed by atoms with van der Waals surface area (Å²) in [7, 11) is -1.48. The fourth-order valence-electron chi connectivity index (χ4n) is 0.631. The molecule has 0 spiro atoms. The predicted octanol–water partition coefficient (Wildman–Crippen LogP) is 0.0334. The quantitative estimate of drug-likeness (QED) is 0.475. The van der Waals surface area contributed by atoms with E-state index in [4.69, 9.17) is 8.23 Å². The first-order valence-electron chi connectivity index (χ1n) is 4.59. The van der Waals surface area contributed by atoms with Crippen LogP contribution in [0.15, 0.2) is 22.5 Å². The lowest BCUT2D eigenvalue weighted by Crippen LogP contribution is -2.12. The topological polar surface area (TPSA) is 18.5 Å². The van der Waals surface area contributed by atoms with Crippen LogP contribution >= 0.6 is 0 Å². The summed E-state index contributed by atoms with van der Waals surface area (Å²) in [6.07, 6.45) is 4.27. The Hall–Kier alpha value is 0.0506. The largest absolute Gasteiger partial charge is 0.442 e. The molecule has 0 aromatic rings. The highest BCUT2D eigenvalue weighted by molar-refractivity contribution is 6.51. The molecular weight excluding hydrogens is 212 g/mol. The zero-order valence-corrected chi connectivity index (χ0v) is 13.3. The first kappa shape index (κ1) is 13.1. The second-order valence-electron chi connectivity index (χ2n) is 3.08. The third-order valence-electron chi connectivity index (χ3n) is 1.81. The Morgan fingerprint density at radius 1 is 0.923 bits per heavy atom. The molecule has 5 heteroatoms. The van der Waals surface area contributed by atoms with Crippen molar-refractivity contribution in [2.75, 3.05) is 0 Å². The van der Waals surface area contributed by atoms with E-state index >= 15 is 0 Å². The van der Waals surface area contributed by atoms with Gasteiger partial charge in [-0.3, -0.25) is 0 Å². The van der Waals surface area contributed by atoms with Crippen molar-refractivity contribution in [3.63, 3.8) is 0 Å². The van der Waals surface area contributed by atoms with Gasteiger partial charge in [0.05, 0.1) is 0 Å². The van der Waals surface area contributed by atoms with Crippen LogP contribution < -0.4 is 0 Å². The third-order valence-corrected chi connectivity index (χ3v) is 6.51. The third kappa shape index (κ3) is 8.38. The van der Waals surface area contributed by atoms with Crippen LogP contribution in [-0.2, 0) is 8.23 Å². The predicted molar refractivity (Wildman–Crippen MR) is 66.7 cm³/mol. The van der Waals surface area contributed by atoms with Crippen molar-refractivity contribution in [2.45, 2.75) is 27.7 Å². The highest BCUT2D eigenvalue weighted by Crippen LogP contribution is 1.90. The van der Waals surface area contributed by atoms with Crippen molar-refractivity contribution in [1.29, 1.82) is 0 Å². The van der Waals surface area contributed by atoms with Gasteiger partial charge in [-0.25, -0.2) is 0 Å². The molecule has 0 amide bonds. The Morgan fingerprint density at radius 2 is 1.31 bits per heavy atom. The molecule has 0 unspecified atom stereocenters. The van der Waals surface area contributed by atoms with Gasteiger partial charge in [0.25, 0.3) is 10.0 Å². The highest BCUT2D eigenvalue weighted by atomic mass is 28.4. The molecule has 2 nitrogen and oxygen atoms in total. The minimum absolute atomic E-state index is 0.415. The average Bonchev–Trinajstić information content (AvgIpc) is 2.16. The zero-order valence-electron chi connectivity index (χ0n) is 9.09. The van der Waals surface area contributed by atoms with Crippen LogP contribution in [-0.4, -0.2) is 29.5 Å². The Kier molecular flexibility index (Phi) is 8.67. The summed E-state index contributed by atoms with van der Waals surface area (Å²) in [6.45, 7) is 8.39. The molecule has 0 aliphatic heterocycles. The Morgan fingerprint density at radius 3 is 1.62 bits per heavy atom. The van der Waals surface area contributed by atoms with E-state index in [1.807, 2.05) is 0 Å². The molecular formula is C8H20O2Si3. The second-order valence-corrected chi connectivity index (χ2v) is 9.39. The number of allylic oxidation sites excluding steroid dienone is 4. The molecule has 0 N–H and O–H groups in total. The summed E-state index contributed by atoms with van der Waals surface area (Å²) in [5.74, 6) is 0. The molecule has 0 saturated heterocycles. The van der Waals surface area contributed by atoms with Crippen molar-refractivity contribution < 1.29 is 8.23 Å². The van der Waals surface area contributed by atoms with Crippen molar-refractivity contribution in [2.24, 2.45) is 0 Å². The van der Waals surface area contributed by atoms with Crippen LogP contribution in [0.4, 0.5) is 0 Å². The summed E-state index contributed by atoms with van der Waals surface area (Å²) in [4.78, 5) is 0. The molecule has 0 aromatic heterocycles. The van der Waals surface area contributed by atoms with Gasteiger partial charge in [0, 0.05) is 0 Å². The van der Waals surface area contributed by atoms with Gasteiger partial charge in [0.2, 0.25) is 0 Å². The van der Waals surface area contributed by atoms with Gasteiger partial charge in [-0.15, -0.1) is 0 Å². The van der Waals surface area contributed by atoms with E-state index in [2.05, 4.69) is 39.8 Å². The van der Waals surface area contributed by atoms with Gasteiger partial charge >= 0.3 is 0 Å². The lowest BCUT2D eigenvalue weighted by molar-refractivity contribution is 0.498. The molecule has 13 heavy (non-hydrogen) atoms. The van der Waals surface area contributed by atoms with E-state index in [0.717, 1.165) is 0 Å². The van der Waals surface area contributed by atoms with E-state index in [1.165, 1.54) is 10.4 Å². The normalized spacial score (nSPS) is 16.3. The van der Waals surface area contributed by atoms with Gasteiger partial charge in [-0.05, 0) is 27.7 Å². The van der Waals surface area contributed by atoms with Gasteiger partial charge in [-0.1, -0.05) is 22.5 Å². The molecule has 0 rings (SSSR count). The van der Waals surface area contributed by atoms with Crippen LogP contribution in [0.3, 0.4) is 0 Å². The van der Waals surface area contributed by atoms with Gasteiger partial charge < -0.3 is 8.23 Å². The van der Waals surface area contributed by atoms with Crippen LogP contribution in [0.1, 0.15) is 27.7 Å². The van der Waals surface area contributed by atoms with E-state index in [-0.39, 0.29) is 0 Å². The van der Waals surface area contributed by atoms with Gasteiger partial charge in [0.1, 0.15) is 0 Å². The fraction of sp³-hybridized carbons (Fsp3) is 0.500. The smallest absolute Gasteiger partial charge is 0.283 e. The number of hydrogen-bond acceptors (Lipinski definition) is 2. The molecule has 0 radical (unpaired) electrons. The van der Waals surface area contributed by atoms with Gasteiger partial charge in [-0.2, -0.15) is 0 Å². The minimum atomic E-state index is -0.651. The minimum Gasteiger partial charge on any atom is -0.442 e. The molecule has 0 aromatic carbocycles. The van der Waals surface area contributed by atoms with E-state index < -0.39 is 29.5 Å². The second kappa shape index (κ2) is 8.64. The summed E-state index contributed by atoms with van der Waals surface area (Å²) in [5, 5.41) is 2.83. The molecule has 0 aliphatic rings. The average molecular weight is 233 g/mol. The summed E-state index contributed by atoms with van der Waals surface area (Å²) in [5.41, 5.74) is 0. The number of rotatable bonds is 6. The Balaban J connectivity index is 3.27. The summed E-state index contributed by atoms with van der Waals surface area (Å²) in [6, 6.07) is 0. The molecule has 0 atom stereocenters. The Labute approximate surface area is 88.4 Å². The summed E-state index contributed by atoms with van der Waals surface area (Å²) < 4.78 is 11.2. The first-order chi connectivity index (χ1) is 6.20. The fourth-order valence-corrected chi connectivity index (χ4v) is 5.74. The first-order valence-corrected chi connectivity index (χ1v) is 8.32. The van der Waals surface area contributed by atoms with Crippen molar-refractivity contribution in [3.05, 3.63) is 22.5 Å². The summed E-state index contributed by atoms with van der Waals surface area (Å²) >= 11 is 0. The number of hydrogen-bond donors (Lipinski definition) is 0. The van der Waals surface area contributed by atoms with Crippen molar-refractivity contribution in [1.82, 2.24) is 0 Å².